The van der Waals surface area contributed by atoms with E-state index in [1.807, 2.05) is 30.3 Å². The van der Waals surface area contributed by atoms with Crippen molar-refractivity contribution in [2.24, 2.45) is 5.10 Å². The van der Waals surface area contributed by atoms with Gasteiger partial charge in [-0.3, -0.25) is 4.79 Å². The first-order chi connectivity index (χ1) is 15.0. The molecule has 0 fully saturated rings. The summed E-state index contributed by atoms with van der Waals surface area (Å²) in [6, 6.07) is 16.5. The quantitative estimate of drug-likeness (QED) is 0.292. The number of carbonyl (C=O) groups excluding carboxylic acids is 2. The largest absolute Gasteiger partial charge is 0.496 e. The van der Waals surface area contributed by atoms with Crippen molar-refractivity contribution in [3.63, 3.8) is 0 Å². The Morgan fingerprint density at radius 3 is 2.48 bits per heavy atom. The van der Waals surface area contributed by atoms with Gasteiger partial charge in [-0.2, -0.15) is 5.10 Å². The lowest BCUT2D eigenvalue weighted by molar-refractivity contribution is -0.145. The first-order valence-electron chi connectivity index (χ1n) is 9.50. The fraction of sp³-hybridized carbons (Fsp3) is 0.174. The second-order valence-corrected chi connectivity index (χ2v) is 7.24. The van der Waals surface area contributed by atoms with Crippen molar-refractivity contribution in [1.29, 1.82) is 0 Å². The first-order valence-corrected chi connectivity index (χ1v) is 10.3. The number of rotatable bonds is 8. The number of hydrogen-bond donors (Lipinski definition) is 1. The first kappa shape index (κ1) is 22.3. The number of ether oxygens (including phenoxy) is 3. The average molecular weight is 485 g/mol. The summed E-state index contributed by atoms with van der Waals surface area (Å²) >= 11 is 3.39. The Hall–Kier alpha value is -3.39. The molecule has 160 valence electrons. The minimum atomic E-state index is -0.438. The molecule has 3 aromatic rings. The standard InChI is InChI=1S/C23H21BrN2O5/c1-3-30-22(27)14-31-20-9-8-15(10-19(20)24)13-25-26-23(28)18-11-16-6-4-5-7-17(16)12-21(18)29-2/h4-13H,3,14H2,1-2H3,(H,26,28). The third-order valence-electron chi connectivity index (χ3n) is 4.30. The van der Waals surface area contributed by atoms with Crippen molar-refractivity contribution in [3.05, 3.63) is 70.2 Å². The van der Waals surface area contributed by atoms with Crippen LogP contribution in [-0.4, -0.2) is 38.4 Å². The smallest absolute Gasteiger partial charge is 0.344 e. The minimum Gasteiger partial charge on any atom is -0.496 e. The lowest BCUT2D eigenvalue weighted by Gasteiger charge is -2.09. The zero-order valence-electron chi connectivity index (χ0n) is 17.1. The van der Waals surface area contributed by atoms with E-state index in [0.29, 0.717) is 28.1 Å². The van der Waals surface area contributed by atoms with Gasteiger partial charge in [0.15, 0.2) is 6.61 Å². The topological polar surface area (TPSA) is 86.2 Å². The van der Waals surface area contributed by atoms with Gasteiger partial charge in [0, 0.05) is 0 Å². The molecule has 0 aliphatic rings. The van der Waals surface area contributed by atoms with Crippen LogP contribution in [0.2, 0.25) is 0 Å². The third kappa shape index (κ3) is 5.82. The van der Waals surface area contributed by atoms with Gasteiger partial charge in [-0.15, -0.1) is 0 Å². The zero-order valence-corrected chi connectivity index (χ0v) is 18.6. The number of esters is 1. The molecule has 0 unspecified atom stereocenters. The molecule has 1 amide bonds. The molecule has 0 spiro atoms. The predicted molar refractivity (Wildman–Crippen MR) is 122 cm³/mol. The van der Waals surface area contributed by atoms with Crippen molar-refractivity contribution in [3.8, 4) is 11.5 Å². The van der Waals surface area contributed by atoms with Gasteiger partial charge in [0.1, 0.15) is 11.5 Å². The number of nitrogens with zero attached hydrogens (tertiary/aromatic N) is 1. The van der Waals surface area contributed by atoms with Gasteiger partial charge in [-0.05, 0) is 69.5 Å². The summed E-state index contributed by atoms with van der Waals surface area (Å²) in [7, 11) is 1.52. The number of amides is 1. The Balaban J connectivity index is 1.66. The molecule has 1 N–H and O–H groups in total. The van der Waals surface area contributed by atoms with Crippen LogP contribution in [0, 0.1) is 0 Å². The molecule has 0 aromatic heterocycles. The lowest BCUT2D eigenvalue weighted by Crippen LogP contribution is -2.18. The molecule has 0 atom stereocenters. The van der Waals surface area contributed by atoms with Gasteiger partial charge >= 0.3 is 5.97 Å². The van der Waals surface area contributed by atoms with E-state index in [9.17, 15) is 9.59 Å². The Morgan fingerprint density at radius 1 is 1.06 bits per heavy atom. The summed E-state index contributed by atoms with van der Waals surface area (Å²) in [4.78, 5) is 24.0. The molecule has 7 nitrogen and oxygen atoms in total. The van der Waals surface area contributed by atoms with Crippen molar-refractivity contribution in [2.75, 3.05) is 20.3 Å². The fourth-order valence-electron chi connectivity index (χ4n) is 2.85. The highest BCUT2D eigenvalue weighted by Gasteiger charge is 2.13. The third-order valence-corrected chi connectivity index (χ3v) is 4.92. The van der Waals surface area contributed by atoms with Gasteiger partial charge in [-0.25, -0.2) is 10.2 Å². The van der Waals surface area contributed by atoms with E-state index in [0.717, 1.165) is 16.3 Å². The number of hydrazone groups is 1. The monoisotopic (exact) mass is 484 g/mol. The predicted octanol–water partition coefficient (Wildman–Crippen LogP) is 4.32. The van der Waals surface area contributed by atoms with Crippen molar-refractivity contribution >= 4 is 44.8 Å². The molecular formula is C23H21BrN2O5. The Labute approximate surface area is 188 Å². The van der Waals surface area contributed by atoms with E-state index in [2.05, 4.69) is 26.5 Å². The van der Waals surface area contributed by atoms with E-state index in [4.69, 9.17) is 14.2 Å². The van der Waals surface area contributed by atoms with Crippen LogP contribution in [0.25, 0.3) is 10.8 Å². The highest BCUT2D eigenvalue weighted by molar-refractivity contribution is 9.10. The maximum absolute atomic E-state index is 12.6. The summed E-state index contributed by atoms with van der Waals surface area (Å²) < 4.78 is 16.2. The minimum absolute atomic E-state index is 0.177. The van der Waals surface area contributed by atoms with E-state index < -0.39 is 5.97 Å². The van der Waals surface area contributed by atoms with Crippen molar-refractivity contribution < 1.29 is 23.8 Å². The molecule has 3 rings (SSSR count). The average Bonchev–Trinajstić information content (AvgIpc) is 2.77. The SMILES string of the molecule is CCOC(=O)COc1ccc(C=NNC(=O)c2cc3ccccc3cc2OC)cc1Br. The van der Waals surface area contributed by atoms with Gasteiger partial charge in [0.05, 0.1) is 30.0 Å². The second-order valence-electron chi connectivity index (χ2n) is 6.38. The number of carbonyl (C=O) groups is 2. The summed E-state index contributed by atoms with van der Waals surface area (Å²) in [5, 5.41) is 5.94. The summed E-state index contributed by atoms with van der Waals surface area (Å²) in [6.07, 6.45) is 1.51. The molecule has 8 heteroatoms. The highest BCUT2D eigenvalue weighted by Crippen LogP contribution is 2.27. The molecule has 0 aliphatic heterocycles. The number of fused-ring (bicyclic) bond motifs is 1. The van der Waals surface area contributed by atoms with E-state index >= 15 is 0 Å². The Bertz CT molecular complexity index is 1130. The lowest BCUT2D eigenvalue weighted by atomic mass is 10.1. The molecule has 0 aliphatic carbocycles. The van der Waals surface area contributed by atoms with Crippen LogP contribution < -0.4 is 14.9 Å². The maximum Gasteiger partial charge on any atom is 0.344 e. The van der Waals surface area contributed by atoms with E-state index in [1.54, 1.807) is 31.2 Å². The maximum atomic E-state index is 12.6. The van der Waals surface area contributed by atoms with E-state index in [-0.39, 0.29) is 12.5 Å². The summed E-state index contributed by atoms with van der Waals surface area (Å²) in [5.41, 5.74) is 3.63. The molecule has 3 aromatic carbocycles. The van der Waals surface area contributed by atoms with E-state index in [1.165, 1.54) is 13.3 Å². The van der Waals surface area contributed by atoms with Gasteiger partial charge < -0.3 is 14.2 Å². The molecule has 31 heavy (non-hydrogen) atoms. The Kier molecular flexibility index (Phi) is 7.61. The zero-order chi connectivity index (χ0) is 22.2. The molecule has 0 heterocycles. The van der Waals surface area contributed by atoms with Gasteiger partial charge in [0.2, 0.25) is 0 Å². The van der Waals surface area contributed by atoms with Crippen LogP contribution in [0.15, 0.2) is 64.2 Å². The van der Waals surface area contributed by atoms with Crippen LogP contribution in [0.5, 0.6) is 11.5 Å². The van der Waals surface area contributed by atoms with Crippen LogP contribution in [0.3, 0.4) is 0 Å². The number of methoxy groups -OCH3 is 1. The second kappa shape index (κ2) is 10.6. The van der Waals surface area contributed by atoms with Crippen LogP contribution in [-0.2, 0) is 9.53 Å². The van der Waals surface area contributed by atoms with Crippen molar-refractivity contribution in [1.82, 2.24) is 5.43 Å². The van der Waals surface area contributed by atoms with Crippen LogP contribution in [0.1, 0.15) is 22.8 Å². The molecular weight excluding hydrogens is 464 g/mol. The Morgan fingerprint density at radius 2 is 1.81 bits per heavy atom. The number of hydrogen-bond acceptors (Lipinski definition) is 6. The summed E-state index contributed by atoms with van der Waals surface area (Å²) in [6.45, 7) is 1.86. The normalized spacial score (nSPS) is 10.8. The molecule has 0 radical (unpaired) electrons. The fourth-order valence-corrected chi connectivity index (χ4v) is 3.36. The summed E-state index contributed by atoms with van der Waals surface area (Å²) in [5.74, 6) is 0.145. The number of benzene rings is 3. The van der Waals surface area contributed by atoms with Crippen LogP contribution in [0.4, 0.5) is 0 Å². The number of nitrogens with one attached hydrogen (secondary N) is 1. The molecule has 0 saturated carbocycles. The highest BCUT2D eigenvalue weighted by atomic mass is 79.9. The van der Waals surface area contributed by atoms with Crippen LogP contribution >= 0.6 is 15.9 Å². The van der Waals surface area contributed by atoms with Gasteiger partial charge in [0.25, 0.3) is 5.91 Å². The number of halogens is 1. The van der Waals surface area contributed by atoms with Crippen molar-refractivity contribution in [2.45, 2.75) is 6.92 Å². The van der Waals surface area contributed by atoms with Gasteiger partial charge in [-0.1, -0.05) is 24.3 Å². The molecule has 0 bridgehead atoms. The molecule has 0 saturated heterocycles.